The fourth-order valence-corrected chi connectivity index (χ4v) is 1.51. The summed E-state index contributed by atoms with van der Waals surface area (Å²) in [5.41, 5.74) is 3.35. The number of para-hydroxylation sites is 1. The molecule has 106 valence electrons. The minimum Gasteiger partial charge on any atom is -0.398 e. The van der Waals surface area contributed by atoms with Crippen LogP contribution in [0, 0.1) is 0 Å². The Kier molecular flexibility index (Phi) is 3.30. The van der Waals surface area contributed by atoms with Crippen LogP contribution in [0.15, 0.2) is 18.2 Å². The monoisotopic (exact) mass is 286 g/mol. The van der Waals surface area contributed by atoms with Crippen molar-refractivity contribution in [1.82, 2.24) is 20.2 Å². The van der Waals surface area contributed by atoms with E-state index in [9.17, 15) is 18.0 Å². The van der Waals surface area contributed by atoms with Gasteiger partial charge in [-0.2, -0.15) is 18.0 Å². The smallest absolute Gasteiger partial charge is 0.398 e. The molecule has 0 fully saturated rings. The van der Waals surface area contributed by atoms with Crippen LogP contribution in [-0.4, -0.2) is 26.1 Å². The van der Waals surface area contributed by atoms with Crippen molar-refractivity contribution in [2.24, 2.45) is 7.05 Å². The van der Waals surface area contributed by atoms with Gasteiger partial charge in [-0.15, -0.1) is 5.10 Å². The van der Waals surface area contributed by atoms with Crippen molar-refractivity contribution < 1.29 is 18.0 Å². The van der Waals surface area contributed by atoms with E-state index in [-0.39, 0.29) is 11.5 Å². The topological polar surface area (TPSA) is 98.7 Å². The molecule has 0 aliphatic carbocycles. The molecule has 1 heterocycles. The minimum absolute atomic E-state index is 0.130. The lowest BCUT2D eigenvalue weighted by atomic mass is 10.1. The highest BCUT2D eigenvalue weighted by Crippen LogP contribution is 2.34. The third-order valence-corrected chi connectivity index (χ3v) is 2.39. The van der Waals surface area contributed by atoms with Gasteiger partial charge in [-0.1, -0.05) is 11.2 Å². The van der Waals surface area contributed by atoms with Crippen molar-refractivity contribution in [2.45, 2.75) is 6.18 Å². The molecule has 1 aromatic heterocycles. The number of alkyl halides is 3. The number of aryl methyl sites for hydroxylation is 1. The van der Waals surface area contributed by atoms with E-state index in [0.717, 1.165) is 16.9 Å². The van der Waals surface area contributed by atoms with Crippen molar-refractivity contribution in [3.63, 3.8) is 0 Å². The van der Waals surface area contributed by atoms with Crippen LogP contribution in [0.3, 0.4) is 0 Å². The number of rotatable bonds is 2. The summed E-state index contributed by atoms with van der Waals surface area (Å²) in [6.45, 7) is 0. The number of carbonyl (C=O) groups excluding carboxylic acids is 1. The number of nitrogens with two attached hydrogens (primary N) is 1. The maximum Gasteiger partial charge on any atom is 0.418 e. The molecule has 0 radical (unpaired) electrons. The van der Waals surface area contributed by atoms with Crippen molar-refractivity contribution in [3.05, 3.63) is 29.3 Å². The molecular formula is C10H9F3N6O. The van der Waals surface area contributed by atoms with E-state index in [4.69, 9.17) is 5.73 Å². The zero-order chi connectivity index (χ0) is 14.9. The Morgan fingerprint density at radius 1 is 1.40 bits per heavy atom. The number of nitrogen functional groups attached to an aromatic ring is 1. The molecule has 0 saturated carbocycles. The summed E-state index contributed by atoms with van der Waals surface area (Å²) in [4.78, 5) is 12.9. The first-order valence-electron chi connectivity index (χ1n) is 5.30. The van der Waals surface area contributed by atoms with Gasteiger partial charge in [0.05, 0.1) is 23.9 Å². The number of nitrogens with zero attached hydrogens (tertiary/aromatic N) is 4. The predicted octanol–water partition coefficient (Wildman–Crippen LogP) is 1.06. The van der Waals surface area contributed by atoms with Crippen LogP contribution in [0.5, 0.6) is 0 Å². The maximum absolute atomic E-state index is 12.7. The van der Waals surface area contributed by atoms with Gasteiger partial charge >= 0.3 is 6.18 Å². The third kappa shape index (κ3) is 2.68. The Labute approximate surface area is 110 Å². The quantitative estimate of drug-likeness (QED) is 0.804. The summed E-state index contributed by atoms with van der Waals surface area (Å²) in [5, 5.41) is 12.8. The lowest BCUT2D eigenvalue weighted by Gasteiger charge is -2.12. The van der Waals surface area contributed by atoms with E-state index in [1.165, 1.54) is 13.1 Å². The molecule has 2 rings (SSSR count). The number of halogens is 3. The first-order valence-corrected chi connectivity index (χ1v) is 5.30. The summed E-state index contributed by atoms with van der Waals surface area (Å²) < 4.78 is 38.0. The summed E-state index contributed by atoms with van der Waals surface area (Å²) in [7, 11) is 1.47. The van der Waals surface area contributed by atoms with Gasteiger partial charge in [0.25, 0.3) is 11.9 Å². The summed E-state index contributed by atoms with van der Waals surface area (Å²) in [6, 6.07) is 3.07. The van der Waals surface area contributed by atoms with Crippen molar-refractivity contribution >= 4 is 17.5 Å². The average Bonchev–Trinajstić information content (AvgIpc) is 2.73. The molecule has 0 unspecified atom stereocenters. The zero-order valence-electron chi connectivity index (χ0n) is 10.1. The van der Waals surface area contributed by atoms with Crippen LogP contribution in [0.4, 0.5) is 24.8 Å². The molecule has 1 amide bonds. The summed E-state index contributed by atoms with van der Waals surface area (Å²) in [6.07, 6.45) is -4.63. The highest BCUT2D eigenvalue weighted by atomic mass is 19.4. The van der Waals surface area contributed by atoms with Crippen LogP contribution < -0.4 is 11.1 Å². The summed E-state index contributed by atoms with van der Waals surface area (Å²) in [5.74, 6) is -0.976. The first-order chi connectivity index (χ1) is 9.29. The van der Waals surface area contributed by atoms with Gasteiger partial charge in [-0.05, 0) is 17.3 Å². The Hall–Kier alpha value is -2.65. The molecule has 0 aliphatic heterocycles. The van der Waals surface area contributed by atoms with Crippen LogP contribution in [-0.2, 0) is 13.2 Å². The molecule has 2 aromatic rings. The van der Waals surface area contributed by atoms with Gasteiger partial charge in [0.1, 0.15) is 0 Å². The van der Waals surface area contributed by atoms with E-state index >= 15 is 0 Å². The number of aromatic nitrogens is 4. The molecule has 10 heteroatoms. The number of carbonyl (C=O) groups is 1. The average molecular weight is 286 g/mol. The van der Waals surface area contributed by atoms with Gasteiger partial charge in [0.2, 0.25) is 0 Å². The van der Waals surface area contributed by atoms with Gasteiger partial charge in [0.15, 0.2) is 0 Å². The van der Waals surface area contributed by atoms with Crippen molar-refractivity contribution in [1.29, 1.82) is 0 Å². The van der Waals surface area contributed by atoms with E-state index in [2.05, 4.69) is 20.7 Å². The predicted molar refractivity (Wildman–Crippen MR) is 62.6 cm³/mol. The van der Waals surface area contributed by atoms with E-state index in [1.54, 1.807) is 0 Å². The van der Waals surface area contributed by atoms with Gasteiger partial charge in [-0.25, -0.2) is 0 Å². The highest BCUT2D eigenvalue weighted by Gasteiger charge is 2.34. The fraction of sp³-hybridized carbons (Fsp3) is 0.200. The largest absolute Gasteiger partial charge is 0.418 e. The molecule has 0 saturated heterocycles. The van der Waals surface area contributed by atoms with E-state index in [0.29, 0.717) is 0 Å². The molecule has 0 atom stereocenters. The number of hydrogen-bond acceptors (Lipinski definition) is 5. The number of hydrogen-bond donors (Lipinski definition) is 2. The molecule has 20 heavy (non-hydrogen) atoms. The maximum atomic E-state index is 12.7. The van der Waals surface area contributed by atoms with Crippen LogP contribution >= 0.6 is 0 Å². The minimum atomic E-state index is -4.63. The Balaban J connectivity index is 2.31. The molecule has 1 aromatic carbocycles. The molecule has 0 bridgehead atoms. The van der Waals surface area contributed by atoms with Crippen LogP contribution in [0.2, 0.25) is 0 Å². The second-order valence-electron chi connectivity index (χ2n) is 3.82. The van der Waals surface area contributed by atoms with Gasteiger partial charge < -0.3 is 5.73 Å². The van der Waals surface area contributed by atoms with Gasteiger partial charge in [-0.3, -0.25) is 10.1 Å². The van der Waals surface area contributed by atoms with Crippen LogP contribution in [0.25, 0.3) is 0 Å². The number of amides is 1. The standard InChI is InChI=1S/C10H9F3N6O/c1-19-17-9(16-18-19)15-8(20)5-3-2-4-6(7(5)14)10(11,12)13/h2-4H,14H2,1H3,(H,15,17,20). The SMILES string of the molecule is Cn1nnc(NC(=O)c2cccc(C(F)(F)F)c2N)n1. The number of anilines is 2. The Morgan fingerprint density at radius 3 is 2.65 bits per heavy atom. The molecule has 0 spiro atoms. The molecule has 7 nitrogen and oxygen atoms in total. The van der Waals surface area contributed by atoms with Crippen molar-refractivity contribution in [3.8, 4) is 0 Å². The van der Waals surface area contributed by atoms with E-state index in [1.807, 2.05) is 0 Å². The second-order valence-corrected chi connectivity index (χ2v) is 3.82. The van der Waals surface area contributed by atoms with Crippen LogP contribution in [0.1, 0.15) is 15.9 Å². The summed E-state index contributed by atoms with van der Waals surface area (Å²) >= 11 is 0. The molecule has 3 N–H and O–H groups in total. The Morgan fingerprint density at radius 2 is 2.10 bits per heavy atom. The highest BCUT2D eigenvalue weighted by molar-refractivity contribution is 6.07. The van der Waals surface area contributed by atoms with E-state index < -0.39 is 23.3 Å². The number of nitrogens with one attached hydrogen (secondary N) is 1. The number of tetrazole rings is 1. The second kappa shape index (κ2) is 4.79. The third-order valence-electron chi connectivity index (χ3n) is 2.39. The lowest BCUT2D eigenvalue weighted by Crippen LogP contribution is -2.18. The lowest BCUT2D eigenvalue weighted by molar-refractivity contribution is -0.136. The first kappa shape index (κ1) is 13.8. The number of benzene rings is 1. The van der Waals surface area contributed by atoms with Crippen molar-refractivity contribution in [2.75, 3.05) is 11.1 Å². The zero-order valence-corrected chi connectivity index (χ0v) is 10.1. The normalized spacial score (nSPS) is 11.4. The van der Waals surface area contributed by atoms with Gasteiger partial charge in [0, 0.05) is 0 Å². The molecule has 0 aliphatic rings. The molecular weight excluding hydrogens is 277 g/mol. The Bertz CT molecular complexity index is 651. The fourth-order valence-electron chi connectivity index (χ4n) is 1.51.